The quantitative estimate of drug-likeness (QED) is 0.703. The van der Waals surface area contributed by atoms with Gasteiger partial charge in [0.25, 0.3) is 5.91 Å². The summed E-state index contributed by atoms with van der Waals surface area (Å²) in [5, 5.41) is 3.20. The van der Waals surface area contributed by atoms with Crippen LogP contribution >= 0.6 is 11.6 Å². The fourth-order valence-electron chi connectivity index (χ4n) is 2.28. The molecule has 4 nitrogen and oxygen atoms in total. The molecule has 0 saturated carbocycles. The minimum atomic E-state index is -0.304. The normalized spacial score (nSPS) is 9.77. The number of nitrogens with one attached hydrogen (secondary N) is 1. The van der Waals surface area contributed by atoms with Crippen molar-refractivity contribution in [2.24, 2.45) is 0 Å². The van der Waals surface area contributed by atoms with Gasteiger partial charge in [0.1, 0.15) is 11.4 Å². The topological polar surface area (TPSA) is 51.2 Å². The number of halogens is 1. The van der Waals surface area contributed by atoms with Gasteiger partial charge in [0.2, 0.25) is 0 Å². The third-order valence-corrected chi connectivity index (χ3v) is 3.90. The van der Waals surface area contributed by atoms with E-state index in [1.54, 1.807) is 48.7 Å². The zero-order chi connectivity index (χ0) is 18.4. The molecule has 0 aliphatic carbocycles. The molecule has 2 aromatic carbocycles. The van der Waals surface area contributed by atoms with Crippen molar-refractivity contribution < 1.29 is 9.53 Å². The van der Waals surface area contributed by atoms with E-state index in [-0.39, 0.29) is 5.91 Å². The summed E-state index contributed by atoms with van der Waals surface area (Å²) in [6.07, 6.45) is 1.69. The number of nitrogens with zero attached hydrogens (tertiary/aromatic N) is 1. The number of anilines is 1. The molecule has 1 aromatic heterocycles. The van der Waals surface area contributed by atoms with Crippen molar-refractivity contribution in [1.29, 1.82) is 0 Å². The van der Waals surface area contributed by atoms with Crippen LogP contribution in [0.15, 0.2) is 66.9 Å². The van der Waals surface area contributed by atoms with Gasteiger partial charge in [0.15, 0.2) is 0 Å². The zero-order valence-electron chi connectivity index (χ0n) is 14.0. The second-order valence-corrected chi connectivity index (χ2v) is 5.72. The molecule has 26 heavy (non-hydrogen) atoms. The van der Waals surface area contributed by atoms with Crippen LogP contribution in [0.4, 0.5) is 5.69 Å². The van der Waals surface area contributed by atoms with E-state index in [1.807, 2.05) is 18.2 Å². The number of benzene rings is 2. The highest BCUT2D eigenvalue weighted by Gasteiger charge is 2.12. The summed E-state index contributed by atoms with van der Waals surface area (Å²) < 4.78 is 5.37. The van der Waals surface area contributed by atoms with Gasteiger partial charge < -0.3 is 10.1 Å². The average Bonchev–Trinajstić information content (AvgIpc) is 2.68. The number of carbonyl (C=O) groups is 1. The molecule has 5 heteroatoms. The Morgan fingerprint density at radius 1 is 1.08 bits per heavy atom. The highest BCUT2D eigenvalue weighted by Crippen LogP contribution is 2.26. The zero-order valence-corrected chi connectivity index (χ0v) is 14.7. The van der Waals surface area contributed by atoms with Gasteiger partial charge in [0, 0.05) is 11.8 Å². The first kappa shape index (κ1) is 17.5. The van der Waals surface area contributed by atoms with Crippen LogP contribution in [0.1, 0.15) is 21.6 Å². The number of hydrogen-bond donors (Lipinski definition) is 1. The molecule has 0 fully saturated rings. The van der Waals surface area contributed by atoms with Crippen molar-refractivity contribution in [3.63, 3.8) is 0 Å². The Balaban J connectivity index is 1.82. The summed E-state index contributed by atoms with van der Waals surface area (Å²) in [6.45, 7) is 0. The first-order valence-electron chi connectivity index (χ1n) is 7.84. The molecular weight excluding hydrogens is 348 g/mol. The summed E-state index contributed by atoms with van der Waals surface area (Å²) in [5.41, 5.74) is 2.38. The first-order chi connectivity index (χ1) is 12.7. The van der Waals surface area contributed by atoms with Crippen LogP contribution in [0.25, 0.3) is 0 Å². The number of aromatic nitrogens is 1. The van der Waals surface area contributed by atoms with E-state index in [9.17, 15) is 4.79 Å². The number of methoxy groups -OCH3 is 1. The molecule has 0 aliphatic rings. The number of amides is 1. The average molecular weight is 363 g/mol. The SMILES string of the molecule is COc1cc(C#Cc2ccccn2)ccc1NC(=O)c1ccccc1Cl. The summed E-state index contributed by atoms with van der Waals surface area (Å²) in [4.78, 5) is 16.6. The molecule has 128 valence electrons. The van der Waals surface area contributed by atoms with Gasteiger partial charge in [-0.25, -0.2) is 4.98 Å². The number of hydrogen-bond acceptors (Lipinski definition) is 3. The van der Waals surface area contributed by atoms with E-state index in [1.165, 1.54) is 7.11 Å². The lowest BCUT2D eigenvalue weighted by atomic mass is 10.1. The molecule has 0 spiro atoms. The summed E-state index contributed by atoms with van der Waals surface area (Å²) in [7, 11) is 1.54. The van der Waals surface area contributed by atoms with Crippen molar-refractivity contribution in [3.8, 4) is 17.6 Å². The van der Waals surface area contributed by atoms with Gasteiger partial charge in [-0.2, -0.15) is 0 Å². The number of pyridine rings is 1. The van der Waals surface area contributed by atoms with Gasteiger partial charge in [-0.05, 0) is 48.4 Å². The highest BCUT2D eigenvalue weighted by molar-refractivity contribution is 6.34. The van der Waals surface area contributed by atoms with E-state index in [0.717, 1.165) is 5.56 Å². The van der Waals surface area contributed by atoms with Crippen molar-refractivity contribution in [3.05, 3.63) is 88.7 Å². The van der Waals surface area contributed by atoms with Gasteiger partial charge >= 0.3 is 0 Å². The van der Waals surface area contributed by atoms with E-state index >= 15 is 0 Å². The van der Waals surface area contributed by atoms with Crippen molar-refractivity contribution in [2.45, 2.75) is 0 Å². The Labute approximate surface area is 156 Å². The molecule has 0 saturated heterocycles. The van der Waals surface area contributed by atoms with Crippen molar-refractivity contribution in [2.75, 3.05) is 12.4 Å². The van der Waals surface area contributed by atoms with Crippen LogP contribution in [0.3, 0.4) is 0 Å². The van der Waals surface area contributed by atoms with Crippen LogP contribution in [0, 0.1) is 11.8 Å². The summed E-state index contributed by atoms with van der Waals surface area (Å²) in [5.74, 6) is 6.22. The Morgan fingerprint density at radius 2 is 1.88 bits per heavy atom. The molecule has 0 aliphatic heterocycles. The maximum atomic E-state index is 12.4. The summed E-state index contributed by atoms with van der Waals surface area (Å²) >= 11 is 6.07. The predicted molar refractivity (Wildman–Crippen MR) is 103 cm³/mol. The van der Waals surface area contributed by atoms with Gasteiger partial charge in [-0.3, -0.25) is 4.79 Å². The molecule has 0 atom stereocenters. The molecule has 1 N–H and O–H groups in total. The minimum absolute atomic E-state index is 0.304. The monoisotopic (exact) mass is 362 g/mol. The van der Waals surface area contributed by atoms with E-state index in [2.05, 4.69) is 22.1 Å². The van der Waals surface area contributed by atoms with E-state index in [4.69, 9.17) is 16.3 Å². The fourth-order valence-corrected chi connectivity index (χ4v) is 2.50. The molecule has 3 aromatic rings. The lowest BCUT2D eigenvalue weighted by molar-refractivity contribution is 0.102. The standard InChI is InChI=1S/C21H15ClN2O2/c1-26-20-14-15(9-11-16-6-4-5-13-23-16)10-12-19(20)24-21(25)17-7-2-3-8-18(17)22/h2-8,10,12-14H,1H3,(H,24,25). The van der Waals surface area contributed by atoms with E-state index in [0.29, 0.717) is 27.7 Å². The van der Waals surface area contributed by atoms with Gasteiger partial charge in [-0.15, -0.1) is 0 Å². The second-order valence-electron chi connectivity index (χ2n) is 5.31. The smallest absolute Gasteiger partial charge is 0.257 e. The van der Waals surface area contributed by atoms with Crippen LogP contribution in [-0.2, 0) is 0 Å². The number of rotatable bonds is 3. The Morgan fingerprint density at radius 3 is 2.62 bits per heavy atom. The lowest BCUT2D eigenvalue weighted by Gasteiger charge is -2.11. The molecule has 0 radical (unpaired) electrons. The summed E-state index contributed by atoms with van der Waals surface area (Å²) in [6, 6.07) is 17.7. The van der Waals surface area contributed by atoms with Crippen LogP contribution in [-0.4, -0.2) is 18.0 Å². The Bertz CT molecular complexity index is 992. The van der Waals surface area contributed by atoms with Crippen LogP contribution < -0.4 is 10.1 Å². The van der Waals surface area contributed by atoms with E-state index < -0.39 is 0 Å². The predicted octanol–water partition coefficient (Wildman–Crippen LogP) is 4.40. The van der Waals surface area contributed by atoms with Crippen molar-refractivity contribution >= 4 is 23.2 Å². The first-order valence-corrected chi connectivity index (χ1v) is 8.22. The number of carbonyl (C=O) groups excluding carboxylic acids is 1. The Kier molecular flexibility index (Phi) is 5.52. The lowest BCUT2D eigenvalue weighted by Crippen LogP contribution is -2.13. The molecule has 0 bridgehead atoms. The maximum absolute atomic E-state index is 12.4. The molecular formula is C21H15ClN2O2. The maximum Gasteiger partial charge on any atom is 0.257 e. The third-order valence-electron chi connectivity index (χ3n) is 3.57. The van der Waals surface area contributed by atoms with Gasteiger partial charge in [0.05, 0.1) is 23.4 Å². The minimum Gasteiger partial charge on any atom is -0.495 e. The Hall–Kier alpha value is -3.29. The number of ether oxygens (including phenoxy) is 1. The fraction of sp³-hybridized carbons (Fsp3) is 0.0476. The third kappa shape index (κ3) is 4.21. The molecule has 1 heterocycles. The highest BCUT2D eigenvalue weighted by atomic mass is 35.5. The second kappa shape index (κ2) is 8.19. The molecule has 1 amide bonds. The van der Waals surface area contributed by atoms with Crippen LogP contribution in [0.5, 0.6) is 5.75 Å². The van der Waals surface area contributed by atoms with Gasteiger partial charge in [-0.1, -0.05) is 35.7 Å². The van der Waals surface area contributed by atoms with Crippen LogP contribution in [0.2, 0.25) is 5.02 Å². The molecule has 3 rings (SSSR count). The van der Waals surface area contributed by atoms with Crippen molar-refractivity contribution in [1.82, 2.24) is 4.98 Å². The molecule has 0 unspecified atom stereocenters. The largest absolute Gasteiger partial charge is 0.495 e.